The number of hydrogen-bond acceptors (Lipinski definition) is 3. The summed E-state index contributed by atoms with van der Waals surface area (Å²) in [4.78, 5) is 14.1. The molecular weight excluding hydrogens is 228 g/mol. The molecule has 3 rings (SSSR count). The summed E-state index contributed by atoms with van der Waals surface area (Å²) in [6, 6.07) is 9.33. The zero-order chi connectivity index (χ0) is 12.5. The van der Waals surface area contributed by atoms with E-state index in [9.17, 15) is 4.79 Å². The summed E-state index contributed by atoms with van der Waals surface area (Å²) < 4.78 is 5.26. The Kier molecular flexibility index (Phi) is 2.63. The molecule has 0 fully saturated rings. The van der Waals surface area contributed by atoms with Crippen molar-refractivity contribution in [1.82, 2.24) is 10.1 Å². The van der Waals surface area contributed by atoms with E-state index < -0.39 is 0 Å². The van der Waals surface area contributed by atoms with Crippen LogP contribution in [0.15, 0.2) is 34.9 Å². The summed E-state index contributed by atoms with van der Waals surface area (Å²) in [7, 11) is 0. The average molecular weight is 242 g/mol. The first kappa shape index (κ1) is 11.0. The standard InChI is InChI=1S/C14H14N2O2/c1-10-12-7-8-16(9-13(12)18-15-10)14(17)11-5-3-2-4-6-11/h2-6H,7-9H2,1H3. The molecule has 4 heteroatoms. The van der Waals surface area contributed by atoms with Crippen molar-refractivity contribution in [3.63, 3.8) is 0 Å². The number of carbonyl (C=O) groups is 1. The lowest BCUT2D eigenvalue weighted by atomic mass is 10.0. The Hall–Kier alpha value is -2.10. The van der Waals surface area contributed by atoms with Gasteiger partial charge in [-0.05, 0) is 25.5 Å². The van der Waals surface area contributed by atoms with Crippen LogP contribution in [0.25, 0.3) is 0 Å². The van der Waals surface area contributed by atoms with E-state index in [2.05, 4.69) is 5.16 Å². The lowest BCUT2D eigenvalue weighted by Gasteiger charge is -2.25. The van der Waals surface area contributed by atoms with Crippen molar-refractivity contribution < 1.29 is 9.32 Å². The molecule has 18 heavy (non-hydrogen) atoms. The second-order valence-corrected chi connectivity index (χ2v) is 4.51. The zero-order valence-electron chi connectivity index (χ0n) is 10.2. The van der Waals surface area contributed by atoms with Crippen LogP contribution in [0.1, 0.15) is 27.4 Å². The Bertz CT molecular complexity index is 575. The van der Waals surface area contributed by atoms with E-state index in [0.29, 0.717) is 6.54 Å². The third-order valence-corrected chi connectivity index (χ3v) is 3.34. The van der Waals surface area contributed by atoms with Gasteiger partial charge >= 0.3 is 0 Å². The van der Waals surface area contributed by atoms with Crippen LogP contribution in [0, 0.1) is 6.92 Å². The molecule has 2 heterocycles. The van der Waals surface area contributed by atoms with Crippen molar-refractivity contribution in [3.8, 4) is 0 Å². The van der Waals surface area contributed by atoms with Crippen LogP contribution in [0.3, 0.4) is 0 Å². The lowest BCUT2D eigenvalue weighted by Crippen LogP contribution is -2.35. The molecule has 2 aromatic rings. The molecule has 0 N–H and O–H groups in total. The highest BCUT2D eigenvalue weighted by Gasteiger charge is 2.25. The quantitative estimate of drug-likeness (QED) is 0.770. The minimum atomic E-state index is 0.0512. The zero-order valence-corrected chi connectivity index (χ0v) is 10.2. The minimum absolute atomic E-state index is 0.0512. The molecule has 0 saturated carbocycles. The Balaban J connectivity index is 1.82. The van der Waals surface area contributed by atoms with Gasteiger partial charge in [0.1, 0.15) is 0 Å². The third kappa shape index (κ3) is 1.79. The highest BCUT2D eigenvalue weighted by molar-refractivity contribution is 5.94. The molecule has 0 saturated heterocycles. The van der Waals surface area contributed by atoms with Crippen LogP contribution in [0.2, 0.25) is 0 Å². The predicted molar refractivity (Wildman–Crippen MR) is 66.1 cm³/mol. The van der Waals surface area contributed by atoms with E-state index in [1.807, 2.05) is 42.2 Å². The van der Waals surface area contributed by atoms with Gasteiger partial charge in [-0.15, -0.1) is 0 Å². The molecule has 1 aliphatic heterocycles. The first-order chi connectivity index (χ1) is 8.75. The molecule has 1 aromatic carbocycles. The number of aryl methyl sites for hydroxylation is 1. The van der Waals surface area contributed by atoms with Gasteiger partial charge in [0.05, 0.1) is 12.2 Å². The summed E-state index contributed by atoms with van der Waals surface area (Å²) in [5.74, 6) is 0.873. The predicted octanol–water partition coefficient (Wildman–Crippen LogP) is 2.18. The molecule has 0 bridgehead atoms. The second kappa shape index (κ2) is 4.29. The van der Waals surface area contributed by atoms with Crippen LogP contribution in [0.4, 0.5) is 0 Å². The fourth-order valence-corrected chi connectivity index (χ4v) is 2.32. The van der Waals surface area contributed by atoms with Crippen molar-refractivity contribution in [2.45, 2.75) is 19.9 Å². The maximum atomic E-state index is 12.3. The molecule has 1 aromatic heterocycles. The van der Waals surface area contributed by atoms with E-state index in [4.69, 9.17) is 4.52 Å². The number of aromatic nitrogens is 1. The van der Waals surface area contributed by atoms with E-state index in [1.165, 1.54) is 0 Å². The fraction of sp³-hybridized carbons (Fsp3) is 0.286. The molecule has 1 amide bonds. The normalized spacial score (nSPS) is 14.4. The molecule has 0 aliphatic carbocycles. The van der Waals surface area contributed by atoms with Crippen molar-refractivity contribution in [2.24, 2.45) is 0 Å². The number of benzene rings is 1. The van der Waals surface area contributed by atoms with Gasteiger partial charge in [0, 0.05) is 17.7 Å². The number of rotatable bonds is 1. The smallest absolute Gasteiger partial charge is 0.254 e. The Morgan fingerprint density at radius 3 is 2.89 bits per heavy atom. The molecule has 4 nitrogen and oxygen atoms in total. The third-order valence-electron chi connectivity index (χ3n) is 3.34. The van der Waals surface area contributed by atoms with E-state index >= 15 is 0 Å². The van der Waals surface area contributed by atoms with E-state index in [1.54, 1.807) is 0 Å². The second-order valence-electron chi connectivity index (χ2n) is 4.51. The Labute approximate surface area is 105 Å². The van der Waals surface area contributed by atoms with Crippen molar-refractivity contribution >= 4 is 5.91 Å². The number of carbonyl (C=O) groups excluding carboxylic acids is 1. The SMILES string of the molecule is Cc1noc2c1CCN(C(=O)c1ccccc1)C2. The summed E-state index contributed by atoms with van der Waals surface area (Å²) >= 11 is 0. The molecular formula is C14H14N2O2. The van der Waals surface area contributed by atoms with Gasteiger partial charge in [-0.3, -0.25) is 4.79 Å². The Morgan fingerprint density at radius 2 is 2.11 bits per heavy atom. The van der Waals surface area contributed by atoms with E-state index in [-0.39, 0.29) is 5.91 Å². The molecule has 0 spiro atoms. The van der Waals surface area contributed by atoms with Gasteiger partial charge in [-0.1, -0.05) is 23.4 Å². The molecule has 0 unspecified atom stereocenters. The van der Waals surface area contributed by atoms with Gasteiger partial charge in [0.15, 0.2) is 5.76 Å². The summed E-state index contributed by atoms with van der Waals surface area (Å²) in [5.41, 5.74) is 2.82. The maximum absolute atomic E-state index is 12.3. The van der Waals surface area contributed by atoms with Crippen molar-refractivity contribution in [3.05, 3.63) is 52.9 Å². The van der Waals surface area contributed by atoms with Crippen LogP contribution in [-0.4, -0.2) is 22.5 Å². The molecule has 0 radical (unpaired) electrons. The summed E-state index contributed by atoms with van der Waals surface area (Å²) in [5, 5.41) is 3.95. The average Bonchev–Trinajstić information content (AvgIpc) is 2.80. The minimum Gasteiger partial charge on any atom is -0.359 e. The molecule has 92 valence electrons. The highest BCUT2D eigenvalue weighted by atomic mass is 16.5. The first-order valence-electron chi connectivity index (χ1n) is 6.04. The van der Waals surface area contributed by atoms with Crippen LogP contribution < -0.4 is 0 Å². The van der Waals surface area contributed by atoms with Crippen molar-refractivity contribution in [1.29, 1.82) is 0 Å². The number of fused-ring (bicyclic) bond motifs is 1. The topological polar surface area (TPSA) is 46.3 Å². The number of amides is 1. The largest absolute Gasteiger partial charge is 0.359 e. The summed E-state index contributed by atoms with van der Waals surface area (Å²) in [6.07, 6.45) is 0.823. The molecule has 1 aliphatic rings. The van der Waals surface area contributed by atoms with Crippen molar-refractivity contribution in [2.75, 3.05) is 6.54 Å². The Morgan fingerprint density at radius 1 is 1.33 bits per heavy atom. The maximum Gasteiger partial charge on any atom is 0.254 e. The lowest BCUT2D eigenvalue weighted by molar-refractivity contribution is 0.0716. The van der Waals surface area contributed by atoms with Gasteiger partial charge in [-0.2, -0.15) is 0 Å². The number of hydrogen-bond donors (Lipinski definition) is 0. The van der Waals surface area contributed by atoms with Crippen LogP contribution >= 0.6 is 0 Å². The summed E-state index contributed by atoms with van der Waals surface area (Å²) in [6.45, 7) is 3.18. The van der Waals surface area contributed by atoms with Gasteiger partial charge in [-0.25, -0.2) is 0 Å². The number of nitrogens with zero attached hydrogens (tertiary/aromatic N) is 2. The van der Waals surface area contributed by atoms with Gasteiger partial charge < -0.3 is 9.42 Å². The highest BCUT2D eigenvalue weighted by Crippen LogP contribution is 2.22. The monoisotopic (exact) mass is 242 g/mol. The first-order valence-corrected chi connectivity index (χ1v) is 6.04. The van der Waals surface area contributed by atoms with E-state index in [0.717, 1.165) is 35.5 Å². The van der Waals surface area contributed by atoms with Crippen LogP contribution in [-0.2, 0) is 13.0 Å². The van der Waals surface area contributed by atoms with Gasteiger partial charge in [0.2, 0.25) is 0 Å². The fourth-order valence-electron chi connectivity index (χ4n) is 2.32. The van der Waals surface area contributed by atoms with Gasteiger partial charge in [0.25, 0.3) is 5.91 Å². The van der Waals surface area contributed by atoms with Crippen LogP contribution in [0.5, 0.6) is 0 Å². The molecule has 0 atom stereocenters.